The second-order valence-electron chi connectivity index (χ2n) is 6.57. The third-order valence-corrected chi connectivity index (χ3v) is 4.70. The SMILES string of the molecule is CCCNC(CN1CC(C)CC1=O)C1CCCCC1. The molecule has 0 radical (unpaired) electrons. The Morgan fingerprint density at radius 3 is 2.63 bits per heavy atom. The molecule has 2 rings (SSSR count). The summed E-state index contributed by atoms with van der Waals surface area (Å²) >= 11 is 0. The van der Waals surface area contributed by atoms with Gasteiger partial charge in [-0.25, -0.2) is 0 Å². The van der Waals surface area contributed by atoms with Gasteiger partial charge in [0.1, 0.15) is 0 Å². The predicted octanol–water partition coefficient (Wildman–Crippen LogP) is 2.80. The van der Waals surface area contributed by atoms with Crippen molar-refractivity contribution in [2.45, 2.75) is 64.8 Å². The lowest BCUT2D eigenvalue weighted by atomic mass is 9.83. The first-order valence-corrected chi connectivity index (χ1v) is 8.22. The van der Waals surface area contributed by atoms with Crippen LogP contribution in [0, 0.1) is 11.8 Å². The maximum Gasteiger partial charge on any atom is 0.222 e. The molecule has 19 heavy (non-hydrogen) atoms. The van der Waals surface area contributed by atoms with Gasteiger partial charge in [0.15, 0.2) is 0 Å². The van der Waals surface area contributed by atoms with Crippen LogP contribution in [0.5, 0.6) is 0 Å². The first-order valence-electron chi connectivity index (χ1n) is 8.22. The smallest absolute Gasteiger partial charge is 0.222 e. The summed E-state index contributed by atoms with van der Waals surface area (Å²) in [5.41, 5.74) is 0. The van der Waals surface area contributed by atoms with Crippen LogP contribution in [-0.2, 0) is 4.79 Å². The van der Waals surface area contributed by atoms with Crippen LogP contribution in [-0.4, -0.2) is 36.5 Å². The summed E-state index contributed by atoms with van der Waals surface area (Å²) in [6.45, 7) is 7.39. The Bertz CT molecular complexity index is 286. The van der Waals surface area contributed by atoms with E-state index in [4.69, 9.17) is 0 Å². The van der Waals surface area contributed by atoms with E-state index in [0.717, 1.165) is 32.0 Å². The molecule has 1 aliphatic heterocycles. The average Bonchev–Trinajstić information content (AvgIpc) is 2.73. The molecule has 3 nitrogen and oxygen atoms in total. The van der Waals surface area contributed by atoms with Gasteiger partial charge in [-0.2, -0.15) is 0 Å². The summed E-state index contributed by atoms with van der Waals surface area (Å²) in [6, 6.07) is 0.523. The zero-order valence-corrected chi connectivity index (χ0v) is 12.7. The van der Waals surface area contributed by atoms with Crippen molar-refractivity contribution < 1.29 is 4.79 Å². The van der Waals surface area contributed by atoms with Crippen molar-refractivity contribution in [2.24, 2.45) is 11.8 Å². The fourth-order valence-electron chi connectivity index (χ4n) is 3.63. The van der Waals surface area contributed by atoms with Crippen molar-refractivity contribution in [2.75, 3.05) is 19.6 Å². The highest BCUT2D eigenvalue weighted by molar-refractivity contribution is 5.78. The second kappa shape index (κ2) is 7.28. The number of likely N-dealkylation sites (tertiary alicyclic amines) is 1. The summed E-state index contributed by atoms with van der Waals surface area (Å²) in [4.78, 5) is 14.1. The Labute approximate surface area is 118 Å². The normalized spacial score (nSPS) is 26.9. The molecular weight excluding hydrogens is 236 g/mol. The molecule has 1 saturated carbocycles. The van der Waals surface area contributed by atoms with Crippen LogP contribution in [0.1, 0.15) is 58.8 Å². The highest BCUT2D eigenvalue weighted by atomic mass is 16.2. The zero-order valence-electron chi connectivity index (χ0n) is 12.7. The Morgan fingerprint density at radius 2 is 2.05 bits per heavy atom. The number of carbonyl (C=O) groups excluding carboxylic acids is 1. The van der Waals surface area contributed by atoms with E-state index in [2.05, 4.69) is 24.1 Å². The number of nitrogens with one attached hydrogen (secondary N) is 1. The van der Waals surface area contributed by atoms with Gasteiger partial charge in [-0.15, -0.1) is 0 Å². The number of amides is 1. The molecular formula is C16H30N2O. The third kappa shape index (κ3) is 4.20. The van der Waals surface area contributed by atoms with E-state index in [0.29, 0.717) is 17.9 Å². The van der Waals surface area contributed by atoms with E-state index >= 15 is 0 Å². The van der Waals surface area contributed by atoms with Crippen molar-refractivity contribution >= 4 is 5.91 Å². The molecule has 1 saturated heterocycles. The molecule has 0 aromatic carbocycles. The van der Waals surface area contributed by atoms with Gasteiger partial charge in [-0.1, -0.05) is 33.1 Å². The van der Waals surface area contributed by atoms with Gasteiger partial charge in [0, 0.05) is 25.6 Å². The van der Waals surface area contributed by atoms with Crippen molar-refractivity contribution in [1.82, 2.24) is 10.2 Å². The number of rotatable bonds is 6. The molecule has 2 atom stereocenters. The molecule has 0 aromatic heterocycles. The molecule has 1 amide bonds. The second-order valence-corrected chi connectivity index (χ2v) is 6.57. The van der Waals surface area contributed by atoms with Crippen LogP contribution >= 0.6 is 0 Å². The Hall–Kier alpha value is -0.570. The van der Waals surface area contributed by atoms with Crippen molar-refractivity contribution in [3.8, 4) is 0 Å². The van der Waals surface area contributed by atoms with E-state index in [1.165, 1.54) is 38.5 Å². The van der Waals surface area contributed by atoms with Crippen LogP contribution < -0.4 is 5.32 Å². The maximum atomic E-state index is 12.0. The fraction of sp³-hybridized carbons (Fsp3) is 0.938. The first kappa shape index (κ1) is 14.8. The molecule has 1 heterocycles. The minimum Gasteiger partial charge on any atom is -0.341 e. The summed E-state index contributed by atoms with van der Waals surface area (Å²) in [6.07, 6.45) is 8.77. The van der Waals surface area contributed by atoms with Crippen molar-refractivity contribution in [3.63, 3.8) is 0 Å². The lowest BCUT2D eigenvalue weighted by Crippen LogP contribution is -2.47. The highest BCUT2D eigenvalue weighted by Crippen LogP contribution is 2.28. The van der Waals surface area contributed by atoms with Crippen molar-refractivity contribution in [1.29, 1.82) is 0 Å². The van der Waals surface area contributed by atoms with E-state index < -0.39 is 0 Å². The van der Waals surface area contributed by atoms with E-state index in [1.54, 1.807) is 0 Å². The molecule has 1 aliphatic carbocycles. The van der Waals surface area contributed by atoms with Crippen LogP contribution in [0.2, 0.25) is 0 Å². The summed E-state index contributed by atoms with van der Waals surface area (Å²) in [7, 11) is 0. The molecule has 0 spiro atoms. The Balaban J connectivity index is 1.90. The van der Waals surface area contributed by atoms with Gasteiger partial charge in [-0.3, -0.25) is 4.79 Å². The molecule has 2 aliphatic rings. The topological polar surface area (TPSA) is 32.3 Å². The van der Waals surface area contributed by atoms with Gasteiger partial charge >= 0.3 is 0 Å². The zero-order chi connectivity index (χ0) is 13.7. The van der Waals surface area contributed by atoms with Gasteiger partial charge in [0.2, 0.25) is 5.91 Å². The van der Waals surface area contributed by atoms with Gasteiger partial charge in [0.25, 0.3) is 0 Å². The van der Waals surface area contributed by atoms with Crippen LogP contribution in [0.4, 0.5) is 0 Å². The minimum absolute atomic E-state index is 0.367. The molecule has 0 bridgehead atoms. The number of hydrogen-bond donors (Lipinski definition) is 1. The van der Waals surface area contributed by atoms with E-state index in [-0.39, 0.29) is 0 Å². The number of carbonyl (C=O) groups is 1. The van der Waals surface area contributed by atoms with Crippen LogP contribution in [0.15, 0.2) is 0 Å². The average molecular weight is 266 g/mol. The quantitative estimate of drug-likeness (QED) is 0.802. The van der Waals surface area contributed by atoms with Crippen LogP contribution in [0.3, 0.4) is 0 Å². The van der Waals surface area contributed by atoms with Crippen LogP contribution in [0.25, 0.3) is 0 Å². The van der Waals surface area contributed by atoms with Gasteiger partial charge in [-0.05, 0) is 37.6 Å². The molecule has 3 heteroatoms. The largest absolute Gasteiger partial charge is 0.341 e. The lowest BCUT2D eigenvalue weighted by molar-refractivity contribution is -0.128. The first-order chi connectivity index (χ1) is 9.20. The van der Waals surface area contributed by atoms with Crippen molar-refractivity contribution in [3.05, 3.63) is 0 Å². The molecule has 2 unspecified atom stereocenters. The molecule has 110 valence electrons. The monoisotopic (exact) mass is 266 g/mol. The lowest BCUT2D eigenvalue weighted by Gasteiger charge is -2.34. The Kier molecular flexibility index (Phi) is 5.68. The molecule has 2 fully saturated rings. The van der Waals surface area contributed by atoms with E-state index in [9.17, 15) is 4.79 Å². The summed E-state index contributed by atoms with van der Waals surface area (Å²) in [5, 5.41) is 3.71. The maximum absolute atomic E-state index is 12.0. The van der Waals surface area contributed by atoms with E-state index in [1.807, 2.05) is 0 Å². The Morgan fingerprint density at radius 1 is 1.32 bits per heavy atom. The highest BCUT2D eigenvalue weighted by Gasteiger charge is 2.31. The third-order valence-electron chi connectivity index (χ3n) is 4.70. The minimum atomic E-state index is 0.367. The number of hydrogen-bond acceptors (Lipinski definition) is 2. The fourth-order valence-corrected chi connectivity index (χ4v) is 3.63. The summed E-state index contributed by atoms with van der Waals surface area (Å²) < 4.78 is 0. The van der Waals surface area contributed by atoms with Gasteiger partial charge in [0.05, 0.1) is 0 Å². The summed E-state index contributed by atoms with van der Waals surface area (Å²) in [5.74, 6) is 1.70. The molecule has 1 N–H and O–H groups in total. The van der Waals surface area contributed by atoms with Gasteiger partial charge < -0.3 is 10.2 Å². The number of nitrogens with zero attached hydrogens (tertiary/aromatic N) is 1. The predicted molar refractivity (Wildman–Crippen MR) is 79.0 cm³/mol. The molecule has 0 aromatic rings. The standard InChI is InChI=1S/C16H30N2O/c1-3-9-17-15(14-7-5-4-6-8-14)12-18-11-13(2)10-16(18)19/h13-15,17H,3-12H2,1-2H3.